The number of nitrogens with one attached hydrogen (secondary N) is 1. The maximum Gasteiger partial charge on any atom is 0.228 e. The lowest BCUT2D eigenvalue weighted by atomic mass is 9.73. The molecule has 1 N–H and O–H groups in total. The third kappa shape index (κ3) is 5.33. The van der Waals surface area contributed by atoms with Crippen molar-refractivity contribution in [3.8, 4) is 11.1 Å². The molecular formula is C27H35N5O. The van der Waals surface area contributed by atoms with Crippen LogP contribution in [0.5, 0.6) is 0 Å². The number of likely N-dealkylation sites (tertiary alicyclic amines) is 1. The van der Waals surface area contributed by atoms with E-state index in [0.717, 1.165) is 56.0 Å². The highest BCUT2D eigenvalue weighted by Gasteiger charge is 2.43. The fourth-order valence-electron chi connectivity index (χ4n) is 5.01. The number of amides is 1. The smallest absolute Gasteiger partial charge is 0.228 e. The number of rotatable bonds is 8. The molecule has 3 heterocycles. The first-order chi connectivity index (χ1) is 16.0. The molecule has 1 aliphatic rings. The molecule has 0 radical (unpaired) electrons. The fourth-order valence-corrected chi connectivity index (χ4v) is 5.01. The van der Waals surface area contributed by atoms with Crippen LogP contribution in [0.25, 0.3) is 11.1 Å². The minimum atomic E-state index is -0.482. The highest BCUT2D eigenvalue weighted by molar-refractivity contribution is 5.84. The van der Waals surface area contributed by atoms with Gasteiger partial charge in [-0.15, -0.1) is 0 Å². The molecule has 1 atom stereocenters. The van der Waals surface area contributed by atoms with Gasteiger partial charge in [0, 0.05) is 49.5 Å². The Labute approximate surface area is 197 Å². The van der Waals surface area contributed by atoms with Crippen LogP contribution in [-0.4, -0.2) is 44.5 Å². The third-order valence-corrected chi connectivity index (χ3v) is 6.58. The van der Waals surface area contributed by atoms with Crippen LogP contribution in [0.2, 0.25) is 0 Å². The first-order valence-corrected chi connectivity index (χ1v) is 12.0. The second-order valence-corrected chi connectivity index (χ2v) is 9.43. The molecule has 33 heavy (non-hydrogen) atoms. The topological polar surface area (TPSA) is 63.1 Å². The number of carbonyl (C=O) groups excluding carboxylic acids is 1. The van der Waals surface area contributed by atoms with Crippen LogP contribution < -0.4 is 5.32 Å². The minimum absolute atomic E-state index is 0.109. The van der Waals surface area contributed by atoms with Crippen molar-refractivity contribution in [2.45, 2.75) is 59.2 Å². The number of hydrogen-bond acceptors (Lipinski definition) is 4. The van der Waals surface area contributed by atoms with E-state index in [2.05, 4.69) is 62.0 Å². The van der Waals surface area contributed by atoms with Crippen LogP contribution in [0.3, 0.4) is 0 Å². The number of nitrogens with zero attached hydrogens (tertiary/aromatic N) is 4. The molecule has 0 spiro atoms. The third-order valence-electron chi connectivity index (χ3n) is 6.58. The Hall–Kier alpha value is -2.99. The van der Waals surface area contributed by atoms with Crippen molar-refractivity contribution in [3.05, 3.63) is 72.6 Å². The number of aromatic nitrogens is 3. The average molecular weight is 446 g/mol. The van der Waals surface area contributed by atoms with Crippen molar-refractivity contribution in [1.29, 1.82) is 0 Å². The Morgan fingerprint density at radius 3 is 2.79 bits per heavy atom. The Bertz CT molecular complexity index is 1060. The number of piperidine rings is 1. The molecule has 0 saturated carbocycles. The Balaban J connectivity index is 1.65. The van der Waals surface area contributed by atoms with Crippen molar-refractivity contribution in [1.82, 2.24) is 24.8 Å². The first-order valence-electron chi connectivity index (χ1n) is 12.0. The molecular weight excluding hydrogens is 410 g/mol. The van der Waals surface area contributed by atoms with Crippen LogP contribution in [0.15, 0.2) is 61.2 Å². The number of hydrogen-bond donors (Lipinski definition) is 1. The summed E-state index contributed by atoms with van der Waals surface area (Å²) in [7, 11) is 0. The summed E-state index contributed by atoms with van der Waals surface area (Å²) in [5.74, 6) is 1.22. The van der Waals surface area contributed by atoms with Gasteiger partial charge in [-0.05, 0) is 63.8 Å². The predicted octanol–water partition coefficient (Wildman–Crippen LogP) is 4.31. The summed E-state index contributed by atoms with van der Waals surface area (Å²) in [6.07, 6.45) is 10.2. The van der Waals surface area contributed by atoms with Crippen molar-refractivity contribution in [3.63, 3.8) is 0 Å². The molecule has 0 aliphatic carbocycles. The van der Waals surface area contributed by atoms with Crippen molar-refractivity contribution in [2.24, 2.45) is 5.41 Å². The highest BCUT2D eigenvalue weighted by atomic mass is 16.2. The van der Waals surface area contributed by atoms with Gasteiger partial charge in [0.2, 0.25) is 5.91 Å². The number of benzene rings is 1. The summed E-state index contributed by atoms with van der Waals surface area (Å²) in [5, 5.41) is 3.24. The van der Waals surface area contributed by atoms with Gasteiger partial charge in [0.05, 0.1) is 12.0 Å². The number of imidazole rings is 1. The van der Waals surface area contributed by atoms with Gasteiger partial charge in [-0.1, -0.05) is 30.3 Å². The quantitative estimate of drug-likeness (QED) is 0.561. The molecule has 6 nitrogen and oxygen atoms in total. The van der Waals surface area contributed by atoms with E-state index < -0.39 is 5.41 Å². The van der Waals surface area contributed by atoms with E-state index >= 15 is 0 Å². The fraction of sp³-hybridized carbons (Fsp3) is 0.444. The summed E-state index contributed by atoms with van der Waals surface area (Å²) >= 11 is 0. The van der Waals surface area contributed by atoms with Crippen molar-refractivity contribution in [2.75, 3.05) is 13.1 Å². The van der Waals surface area contributed by atoms with Gasteiger partial charge in [0.15, 0.2) is 0 Å². The van der Waals surface area contributed by atoms with Crippen LogP contribution in [0, 0.1) is 5.41 Å². The SMILES string of the molecule is CCn1ccnc1CN1CCCC(Cc2ccccc2-c2cccnc2)(C(=O)NC(C)C)C1. The van der Waals surface area contributed by atoms with E-state index in [4.69, 9.17) is 0 Å². The van der Waals surface area contributed by atoms with Gasteiger partial charge in [0.25, 0.3) is 0 Å². The average Bonchev–Trinajstić information content (AvgIpc) is 3.27. The summed E-state index contributed by atoms with van der Waals surface area (Å²) < 4.78 is 2.18. The summed E-state index contributed by atoms with van der Waals surface area (Å²) in [6, 6.07) is 12.6. The molecule has 1 fully saturated rings. The molecule has 4 rings (SSSR count). The van der Waals surface area contributed by atoms with E-state index in [1.165, 1.54) is 5.56 Å². The molecule has 1 unspecified atom stereocenters. The van der Waals surface area contributed by atoms with Gasteiger partial charge < -0.3 is 9.88 Å². The van der Waals surface area contributed by atoms with Crippen molar-refractivity contribution >= 4 is 5.91 Å². The second kappa shape index (κ2) is 10.3. The van der Waals surface area contributed by atoms with E-state index in [1.807, 2.05) is 38.5 Å². The molecule has 1 aromatic carbocycles. The van der Waals surface area contributed by atoms with E-state index in [0.29, 0.717) is 6.42 Å². The lowest BCUT2D eigenvalue weighted by Gasteiger charge is -2.42. The Morgan fingerprint density at radius 1 is 1.18 bits per heavy atom. The second-order valence-electron chi connectivity index (χ2n) is 9.43. The maximum atomic E-state index is 13.7. The first kappa shape index (κ1) is 23.2. The predicted molar refractivity (Wildman–Crippen MR) is 132 cm³/mol. The van der Waals surface area contributed by atoms with Gasteiger partial charge >= 0.3 is 0 Å². The zero-order valence-corrected chi connectivity index (χ0v) is 20.0. The van der Waals surface area contributed by atoms with Gasteiger partial charge in [-0.3, -0.25) is 14.7 Å². The van der Waals surface area contributed by atoms with E-state index in [1.54, 1.807) is 6.20 Å². The monoisotopic (exact) mass is 445 g/mol. The Kier molecular flexibility index (Phi) is 7.23. The zero-order chi connectivity index (χ0) is 23.3. The van der Waals surface area contributed by atoms with E-state index in [-0.39, 0.29) is 11.9 Å². The molecule has 6 heteroatoms. The molecule has 1 saturated heterocycles. The largest absolute Gasteiger partial charge is 0.353 e. The minimum Gasteiger partial charge on any atom is -0.353 e. The van der Waals surface area contributed by atoms with Crippen LogP contribution in [-0.2, 0) is 24.3 Å². The van der Waals surface area contributed by atoms with Crippen LogP contribution >= 0.6 is 0 Å². The summed E-state index contributed by atoms with van der Waals surface area (Å²) in [5.41, 5.74) is 2.96. The highest BCUT2D eigenvalue weighted by Crippen LogP contribution is 2.37. The molecule has 1 amide bonds. The molecule has 2 aromatic heterocycles. The molecule has 1 aliphatic heterocycles. The van der Waals surface area contributed by atoms with E-state index in [9.17, 15) is 4.79 Å². The molecule has 0 bridgehead atoms. The zero-order valence-electron chi connectivity index (χ0n) is 20.0. The van der Waals surface area contributed by atoms with Crippen molar-refractivity contribution < 1.29 is 4.79 Å². The van der Waals surface area contributed by atoms with Gasteiger partial charge in [-0.2, -0.15) is 0 Å². The number of carbonyl (C=O) groups is 1. The lowest BCUT2D eigenvalue weighted by Crippen LogP contribution is -2.54. The lowest BCUT2D eigenvalue weighted by molar-refractivity contribution is -0.135. The van der Waals surface area contributed by atoms with Gasteiger partial charge in [-0.25, -0.2) is 4.98 Å². The van der Waals surface area contributed by atoms with Crippen LogP contribution in [0.1, 0.15) is 45.0 Å². The summed E-state index contributed by atoms with van der Waals surface area (Å²) in [4.78, 5) is 25.0. The maximum absolute atomic E-state index is 13.7. The normalized spacial score (nSPS) is 19.0. The molecule has 174 valence electrons. The summed E-state index contributed by atoms with van der Waals surface area (Å²) in [6.45, 7) is 9.59. The standard InChI is InChI=1S/C27H35N5O/c1-4-32-16-14-29-25(32)19-31-15-8-12-27(20-31,26(33)30-21(2)3)17-22-9-5-6-11-24(22)23-10-7-13-28-18-23/h5-7,9-11,13-14,16,18,21H,4,8,12,15,17,19-20H2,1-3H3,(H,30,33). The number of aryl methyl sites for hydroxylation is 1. The van der Waals surface area contributed by atoms with Gasteiger partial charge in [0.1, 0.15) is 5.82 Å². The van der Waals surface area contributed by atoms with Crippen LogP contribution in [0.4, 0.5) is 0 Å². The Morgan fingerprint density at radius 2 is 2.03 bits per heavy atom. The number of pyridine rings is 1. The molecule has 3 aromatic rings.